The first-order chi connectivity index (χ1) is 10.5. The van der Waals surface area contributed by atoms with Crippen LogP contribution in [0.3, 0.4) is 0 Å². The zero-order valence-corrected chi connectivity index (χ0v) is 14.0. The van der Waals surface area contributed by atoms with Crippen molar-refractivity contribution >= 4 is 23.6 Å². The summed E-state index contributed by atoms with van der Waals surface area (Å²) in [5.74, 6) is 0.902. The van der Waals surface area contributed by atoms with Gasteiger partial charge in [-0.2, -0.15) is 11.8 Å². The Bertz CT molecular complexity index is 498. The molecule has 0 fully saturated rings. The summed E-state index contributed by atoms with van der Waals surface area (Å²) >= 11 is 1.59. The number of hydrogen-bond donors (Lipinski definition) is 1. The molecule has 122 valence electrons. The molecule has 6 nitrogen and oxygen atoms in total. The molecule has 1 amide bonds. The molecule has 0 heterocycles. The first kappa shape index (κ1) is 18.2. The van der Waals surface area contributed by atoms with Crippen molar-refractivity contribution in [2.24, 2.45) is 0 Å². The van der Waals surface area contributed by atoms with Gasteiger partial charge in [0.25, 0.3) is 5.91 Å². The molecule has 0 aliphatic heterocycles. The molecule has 1 rings (SSSR count). The zero-order valence-electron chi connectivity index (χ0n) is 13.2. The van der Waals surface area contributed by atoms with Gasteiger partial charge in [-0.15, -0.1) is 0 Å². The molecule has 0 aromatic heterocycles. The minimum absolute atomic E-state index is 0.356. The van der Waals surface area contributed by atoms with Gasteiger partial charge in [0.15, 0.2) is 0 Å². The van der Waals surface area contributed by atoms with Gasteiger partial charge in [0.05, 0.1) is 21.3 Å². The highest BCUT2D eigenvalue weighted by Crippen LogP contribution is 2.22. The van der Waals surface area contributed by atoms with Crippen molar-refractivity contribution in [2.45, 2.75) is 12.5 Å². The predicted octanol–water partition coefficient (Wildman–Crippen LogP) is 1.73. The summed E-state index contributed by atoms with van der Waals surface area (Å²) in [5, 5.41) is 2.68. The van der Waals surface area contributed by atoms with Crippen LogP contribution in [0.2, 0.25) is 0 Å². The summed E-state index contributed by atoms with van der Waals surface area (Å²) in [5.41, 5.74) is 0.356. The Labute approximate surface area is 134 Å². The Morgan fingerprint density at radius 3 is 2.18 bits per heavy atom. The molecule has 1 atom stereocenters. The van der Waals surface area contributed by atoms with E-state index < -0.39 is 12.0 Å². The number of ether oxygens (including phenoxy) is 3. The summed E-state index contributed by atoms with van der Waals surface area (Å²) in [4.78, 5) is 24.1. The van der Waals surface area contributed by atoms with E-state index in [0.717, 1.165) is 5.75 Å². The first-order valence-electron chi connectivity index (χ1n) is 6.66. The molecule has 0 bridgehead atoms. The van der Waals surface area contributed by atoms with Crippen LogP contribution in [0.25, 0.3) is 0 Å². The number of benzene rings is 1. The van der Waals surface area contributed by atoms with Crippen LogP contribution in [-0.2, 0) is 9.53 Å². The lowest BCUT2D eigenvalue weighted by Gasteiger charge is -2.16. The molecule has 0 radical (unpaired) electrons. The Morgan fingerprint density at radius 2 is 1.73 bits per heavy atom. The van der Waals surface area contributed by atoms with Gasteiger partial charge >= 0.3 is 5.97 Å². The summed E-state index contributed by atoms with van der Waals surface area (Å²) in [6, 6.07) is 4.16. The van der Waals surface area contributed by atoms with E-state index in [4.69, 9.17) is 14.2 Å². The molecule has 0 saturated heterocycles. The van der Waals surface area contributed by atoms with Crippen molar-refractivity contribution in [3.8, 4) is 11.5 Å². The number of hydrogen-bond acceptors (Lipinski definition) is 6. The van der Waals surface area contributed by atoms with Crippen LogP contribution in [0.1, 0.15) is 16.8 Å². The zero-order chi connectivity index (χ0) is 16.5. The fourth-order valence-corrected chi connectivity index (χ4v) is 2.28. The smallest absolute Gasteiger partial charge is 0.328 e. The average molecular weight is 327 g/mol. The van der Waals surface area contributed by atoms with Crippen LogP contribution >= 0.6 is 11.8 Å². The van der Waals surface area contributed by atoms with Crippen molar-refractivity contribution in [2.75, 3.05) is 33.3 Å². The SMILES string of the molecule is COC(=O)C(CCSC)NC(=O)c1cc(OC)cc(OC)c1. The highest BCUT2D eigenvalue weighted by Gasteiger charge is 2.22. The molecular weight excluding hydrogens is 306 g/mol. The standard InChI is InChI=1S/C15H21NO5S/c1-19-11-7-10(8-12(9-11)20-2)14(17)16-13(5-6-22-4)15(18)21-3/h7-9,13H,5-6H2,1-4H3,(H,16,17). The van der Waals surface area contributed by atoms with E-state index in [1.807, 2.05) is 6.26 Å². The maximum atomic E-state index is 12.3. The topological polar surface area (TPSA) is 73.9 Å². The van der Waals surface area contributed by atoms with Crippen molar-refractivity contribution in [1.29, 1.82) is 0 Å². The van der Waals surface area contributed by atoms with E-state index >= 15 is 0 Å². The molecule has 7 heteroatoms. The van der Waals surface area contributed by atoms with Gasteiger partial charge in [-0.3, -0.25) is 4.79 Å². The Hall–Kier alpha value is -1.89. The Kier molecular flexibility index (Phi) is 7.59. The van der Waals surface area contributed by atoms with Gasteiger partial charge in [-0.25, -0.2) is 4.79 Å². The number of carbonyl (C=O) groups is 2. The molecular formula is C15H21NO5S. The lowest BCUT2D eigenvalue weighted by atomic mass is 10.1. The monoisotopic (exact) mass is 327 g/mol. The van der Waals surface area contributed by atoms with E-state index in [1.54, 1.807) is 30.0 Å². The van der Waals surface area contributed by atoms with Gasteiger partial charge in [-0.05, 0) is 30.6 Å². The van der Waals surface area contributed by atoms with Crippen LogP contribution in [0.5, 0.6) is 11.5 Å². The van der Waals surface area contributed by atoms with Crippen molar-refractivity contribution in [3.63, 3.8) is 0 Å². The van der Waals surface area contributed by atoms with E-state index in [9.17, 15) is 9.59 Å². The molecule has 0 aliphatic rings. The summed E-state index contributed by atoms with van der Waals surface area (Å²) in [6.45, 7) is 0. The second-order valence-electron chi connectivity index (χ2n) is 4.43. The second-order valence-corrected chi connectivity index (χ2v) is 5.42. The normalized spacial score (nSPS) is 11.5. The number of rotatable bonds is 8. The van der Waals surface area contributed by atoms with E-state index in [-0.39, 0.29) is 5.91 Å². The Balaban J connectivity index is 2.91. The lowest BCUT2D eigenvalue weighted by molar-refractivity contribution is -0.142. The van der Waals surface area contributed by atoms with Crippen molar-refractivity contribution in [1.82, 2.24) is 5.32 Å². The number of nitrogens with one attached hydrogen (secondary N) is 1. The third-order valence-electron chi connectivity index (χ3n) is 3.02. The van der Waals surface area contributed by atoms with Gasteiger partial charge in [0.2, 0.25) is 0 Å². The van der Waals surface area contributed by atoms with Gasteiger partial charge < -0.3 is 19.5 Å². The number of carbonyl (C=O) groups excluding carboxylic acids is 2. The summed E-state index contributed by atoms with van der Waals surface area (Å²) < 4.78 is 15.0. The first-order valence-corrected chi connectivity index (χ1v) is 8.05. The number of thioether (sulfide) groups is 1. The number of methoxy groups -OCH3 is 3. The molecule has 22 heavy (non-hydrogen) atoms. The molecule has 1 N–H and O–H groups in total. The van der Waals surface area contributed by atoms with Gasteiger partial charge in [-0.1, -0.05) is 0 Å². The molecule has 0 spiro atoms. The molecule has 1 aromatic carbocycles. The number of amides is 1. The highest BCUT2D eigenvalue weighted by molar-refractivity contribution is 7.98. The predicted molar refractivity (Wildman–Crippen MR) is 85.8 cm³/mol. The van der Waals surface area contributed by atoms with E-state index in [1.165, 1.54) is 21.3 Å². The van der Waals surface area contributed by atoms with Crippen LogP contribution in [-0.4, -0.2) is 51.3 Å². The minimum atomic E-state index is -0.679. The van der Waals surface area contributed by atoms with Crippen molar-refractivity contribution < 1.29 is 23.8 Å². The molecule has 1 aromatic rings. The second kappa shape index (κ2) is 9.19. The third kappa shape index (κ3) is 5.14. The van der Waals surface area contributed by atoms with Crippen LogP contribution < -0.4 is 14.8 Å². The Morgan fingerprint density at radius 1 is 1.14 bits per heavy atom. The maximum Gasteiger partial charge on any atom is 0.328 e. The van der Waals surface area contributed by atoms with Crippen LogP contribution in [0.15, 0.2) is 18.2 Å². The minimum Gasteiger partial charge on any atom is -0.497 e. The summed E-state index contributed by atoms with van der Waals surface area (Å²) in [7, 11) is 4.31. The fourth-order valence-electron chi connectivity index (χ4n) is 1.81. The average Bonchev–Trinajstić information content (AvgIpc) is 2.56. The third-order valence-corrected chi connectivity index (χ3v) is 3.66. The van der Waals surface area contributed by atoms with Crippen LogP contribution in [0.4, 0.5) is 0 Å². The largest absolute Gasteiger partial charge is 0.497 e. The van der Waals surface area contributed by atoms with Crippen LogP contribution in [0, 0.1) is 0 Å². The molecule has 0 aliphatic carbocycles. The maximum absolute atomic E-state index is 12.3. The highest BCUT2D eigenvalue weighted by atomic mass is 32.2. The molecule has 0 saturated carbocycles. The van der Waals surface area contributed by atoms with Crippen molar-refractivity contribution in [3.05, 3.63) is 23.8 Å². The van der Waals surface area contributed by atoms with E-state index in [2.05, 4.69) is 5.32 Å². The molecule has 1 unspecified atom stereocenters. The quantitative estimate of drug-likeness (QED) is 0.733. The summed E-state index contributed by atoms with van der Waals surface area (Å²) in [6.07, 6.45) is 2.43. The van der Waals surface area contributed by atoms with Gasteiger partial charge in [0, 0.05) is 11.6 Å². The van der Waals surface area contributed by atoms with Gasteiger partial charge in [0.1, 0.15) is 17.5 Å². The fraction of sp³-hybridized carbons (Fsp3) is 0.467. The number of esters is 1. The van der Waals surface area contributed by atoms with E-state index in [0.29, 0.717) is 23.5 Å². The lowest BCUT2D eigenvalue weighted by Crippen LogP contribution is -2.41.